The van der Waals surface area contributed by atoms with Gasteiger partial charge in [0.1, 0.15) is 0 Å². The van der Waals surface area contributed by atoms with Crippen LogP contribution in [0.3, 0.4) is 0 Å². The molecule has 1 unspecified atom stereocenters. The van der Waals surface area contributed by atoms with Gasteiger partial charge >= 0.3 is 0 Å². The lowest BCUT2D eigenvalue weighted by atomic mass is 9.83. The Morgan fingerprint density at radius 2 is 0.913 bits per heavy atom. The summed E-state index contributed by atoms with van der Waals surface area (Å²) in [4.78, 5) is 2.33. The fourth-order valence-corrected chi connectivity index (χ4v) is 6.52. The van der Waals surface area contributed by atoms with Gasteiger partial charge in [0, 0.05) is 0 Å². The highest BCUT2D eigenvalue weighted by atomic mass is 16.5. The third kappa shape index (κ3) is 26.4. The van der Waals surface area contributed by atoms with Crippen molar-refractivity contribution in [3.05, 3.63) is 72.9 Å². The van der Waals surface area contributed by atoms with E-state index in [0.717, 1.165) is 51.0 Å². The molecule has 0 amide bonds. The number of unbranched alkanes of at least 4 members (excludes halogenated alkanes) is 12. The highest BCUT2D eigenvalue weighted by Crippen LogP contribution is 2.40. The maximum absolute atomic E-state index is 6.68. The molecule has 1 saturated heterocycles. The molecule has 0 aliphatic carbocycles. The van der Waals surface area contributed by atoms with Crippen LogP contribution in [0.15, 0.2) is 72.9 Å². The fourth-order valence-electron chi connectivity index (χ4n) is 6.52. The summed E-state index contributed by atoms with van der Waals surface area (Å²) in [6.07, 6.45) is 58.2. The van der Waals surface area contributed by atoms with E-state index in [1.165, 1.54) is 122 Å². The van der Waals surface area contributed by atoms with Crippen molar-refractivity contribution in [2.24, 2.45) is 5.92 Å². The second-order valence-electron chi connectivity index (χ2n) is 14.1. The molecule has 1 aliphatic rings. The fraction of sp³-hybridized carbons (Fsp3) is 0.727. The lowest BCUT2D eigenvalue weighted by Gasteiger charge is -2.29. The molecule has 2 heteroatoms. The van der Waals surface area contributed by atoms with Crippen molar-refractivity contribution in [3.63, 3.8) is 0 Å². The molecule has 0 aromatic heterocycles. The standard InChI is InChI=1S/C44H77NO/c1-5-7-9-11-13-15-17-19-21-23-25-27-29-31-33-35-38-44(41-43(42-46-44)37-40-45(3)4)39-36-34-32-30-28-26-24-22-20-18-16-14-12-10-8-6-2/h7-10,13-16,19-22,43H,5-6,11-12,17-18,23-42H2,1-4H3/b9-7-,10-8-,15-13-,16-14-,21-19-,22-20-. The number of nitrogens with zero attached hydrogens (tertiary/aromatic N) is 1. The minimum atomic E-state index is 0.175. The van der Waals surface area contributed by atoms with Crippen LogP contribution in [0, 0.1) is 5.92 Å². The molecule has 46 heavy (non-hydrogen) atoms. The van der Waals surface area contributed by atoms with Crippen molar-refractivity contribution in [1.82, 2.24) is 4.90 Å². The molecule has 1 atom stereocenters. The van der Waals surface area contributed by atoms with Crippen molar-refractivity contribution in [1.29, 1.82) is 0 Å². The quantitative estimate of drug-likeness (QED) is 0.0555. The van der Waals surface area contributed by atoms with E-state index in [1.807, 2.05) is 0 Å². The van der Waals surface area contributed by atoms with Gasteiger partial charge < -0.3 is 9.64 Å². The van der Waals surface area contributed by atoms with E-state index in [4.69, 9.17) is 4.74 Å². The first-order chi connectivity index (χ1) is 22.6. The van der Waals surface area contributed by atoms with Gasteiger partial charge in [0.25, 0.3) is 0 Å². The first kappa shape index (κ1) is 42.4. The minimum Gasteiger partial charge on any atom is -0.375 e. The van der Waals surface area contributed by atoms with Crippen LogP contribution < -0.4 is 0 Å². The van der Waals surface area contributed by atoms with Crippen molar-refractivity contribution < 1.29 is 4.74 Å². The molecular formula is C44H77NO. The second-order valence-corrected chi connectivity index (χ2v) is 14.1. The van der Waals surface area contributed by atoms with Crippen LogP contribution in [0.25, 0.3) is 0 Å². The average molecular weight is 636 g/mol. The third-order valence-corrected chi connectivity index (χ3v) is 9.34. The van der Waals surface area contributed by atoms with Crippen molar-refractivity contribution >= 4 is 0 Å². The molecule has 0 spiro atoms. The largest absolute Gasteiger partial charge is 0.375 e. The van der Waals surface area contributed by atoms with E-state index >= 15 is 0 Å². The Bertz CT molecular complexity index is 775. The topological polar surface area (TPSA) is 12.5 Å². The molecular weight excluding hydrogens is 558 g/mol. The zero-order valence-corrected chi connectivity index (χ0v) is 31.2. The van der Waals surface area contributed by atoms with E-state index in [9.17, 15) is 0 Å². The Morgan fingerprint density at radius 3 is 1.35 bits per heavy atom. The zero-order chi connectivity index (χ0) is 33.2. The Balaban J connectivity index is 2.18. The van der Waals surface area contributed by atoms with Crippen LogP contribution in [0.4, 0.5) is 0 Å². The van der Waals surface area contributed by atoms with E-state index in [-0.39, 0.29) is 5.60 Å². The predicted octanol–water partition coefficient (Wildman–Crippen LogP) is 13.7. The molecule has 0 radical (unpaired) electrons. The third-order valence-electron chi connectivity index (χ3n) is 9.34. The minimum absolute atomic E-state index is 0.175. The number of ether oxygens (including phenoxy) is 1. The monoisotopic (exact) mass is 636 g/mol. The summed E-state index contributed by atoms with van der Waals surface area (Å²) in [6.45, 7) is 6.55. The van der Waals surface area contributed by atoms with Crippen LogP contribution in [-0.2, 0) is 4.74 Å². The SMILES string of the molecule is CC/C=C\C/C=C\C/C=C\CCCCCCCCC1(CCCCCCCC/C=C\C/C=C\C/C=C\CC)CC(CCN(C)C)CO1. The molecule has 2 nitrogen and oxygen atoms in total. The Labute approximate surface area is 288 Å². The summed E-state index contributed by atoms with van der Waals surface area (Å²) < 4.78 is 6.68. The number of rotatable bonds is 31. The van der Waals surface area contributed by atoms with Crippen LogP contribution in [-0.4, -0.2) is 37.7 Å². The van der Waals surface area contributed by atoms with Crippen molar-refractivity contribution in [2.75, 3.05) is 27.2 Å². The summed E-state index contributed by atoms with van der Waals surface area (Å²) >= 11 is 0. The first-order valence-electron chi connectivity index (χ1n) is 19.8. The van der Waals surface area contributed by atoms with Gasteiger partial charge in [0.05, 0.1) is 12.2 Å². The number of hydrogen-bond acceptors (Lipinski definition) is 2. The van der Waals surface area contributed by atoms with Gasteiger partial charge in [-0.25, -0.2) is 0 Å². The molecule has 0 saturated carbocycles. The molecule has 0 aromatic carbocycles. The Morgan fingerprint density at radius 1 is 0.522 bits per heavy atom. The lowest BCUT2D eigenvalue weighted by Crippen LogP contribution is -2.28. The summed E-state index contributed by atoms with van der Waals surface area (Å²) in [5.74, 6) is 0.755. The molecule has 264 valence electrons. The van der Waals surface area contributed by atoms with Crippen molar-refractivity contribution in [2.45, 2.75) is 174 Å². The molecule has 1 aliphatic heterocycles. The molecule has 1 fully saturated rings. The van der Waals surface area contributed by atoms with Crippen LogP contribution in [0.5, 0.6) is 0 Å². The van der Waals surface area contributed by atoms with Gasteiger partial charge in [-0.3, -0.25) is 0 Å². The Kier molecular flexibility index (Phi) is 29.4. The normalized spacial score (nSPS) is 17.3. The zero-order valence-electron chi connectivity index (χ0n) is 31.2. The van der Waals surface area contributed by atoms with E-state index < -0.39 is 0 Å². The summed E-state index contributed by atoms with van der Waals surface area (Å²) in [7, 11) is 4.40. The van der Waals surface area contributed by atoms with Gasteiger partial charge in [-0.1, -0.05) is 151 Å². The molecule has 0 aromatic rings. The van der Waals surface area contributed by atoms with E-state index in [1.54, 1.807) is 0 Å². The average Bonchev–Trinajstić information content (AvgIpc) is 3.46. The summed E-state index contributed by atoms with van der Waals surface area (Å²) in [5, 5.41) is 0. The van der Waals surface area contributed by atoms with Crippen LogP contribution in [0.2, 0.25) is 0 Å². The highest BCUT2D eigenvalue weighted by Gasteiger charge is 2.39. The first-order valence-corrected chi connectivity index (χ1v) is 19.8. The van der Waals surface area contributed by atoms with Gasteiger partial charge in [-0.2, -0.15) is 0 Å². The predicted molar refractivity (Wildman–Crippen MR) is 208 cm³/mol. The van der Waals surface area contributed by atoms with Crippen LogP contribution in [0.1, 0.15) is 168 Å². The summed E-state index contributed by atoms with van der Waals surface area (Å²) in [5.41, 5.74) is 0.175. The van der Waals surface area contributed by atoms with Gasteiger partial charge in [0.2, 0.25) is 0 Å². The van der Waals surface area contributed by atoms with Crippen LogP contribution >= 0.6 is 0 Å². The van der Waals surface area contributed by atoms with Gasteiger partial charge in [0.15, 0.2) is 0 Å². The maximum Gasteiger partial charge on any atom is 0.0686 e. The summed E-state index contributed by atoms with van der Waals surface area (Å²) in [6, 6.07) is 0. The van der Waals surface area contributed by atoms with E-state index in [2.05, 4.69) is 106 Å². The van der Waals surface area contributed by atoms with Crippen molar-refractivity contribution in [3.8, 4) is 0 Å². The molecule has 1 rings (SSSR count). The Hall–Kier alpha value is -1.64. The van der Waals surface area contributed by atoms with E-state index in [0.29, 0.717) is 0 Å². The smallest absolute Gasteiger partial charge is 0.0686 e. The molecule has 0 bridgehead atoms. The van der Waals surface area contributed by atoms with Gasteiger partial charge in [-0.15, -0.1) is 0 Å². The molecule has 1 heterocycles. The highest BCUT2D eigenvalue weighted by molar-refractivity contribution is 4.98. The number of hydrogen-bond donors (Lipinski definition) is 0. The lowest BCUT2D eigenvalue weighted by molar-refractivity contribution is -0.0142. The molecule has 0 N–H and O–H groups in total. The number of allylic oxidation sites excluding steroid dienone is 12. The maximum atomic E-state index is 6.68. The van der Waals surface area contributed by atoms with Gasteiger partial charge in [-0.05, 0) is 116 Å². The second kappa shape index (κ2) is 31.9.